The van der Waals surface area contributed by atoms with Gasteiger partial charge in [-0.05, 0) is 29.8 Å². The Morgan fingerprint density at radius 2 is 1.80 bits per heavy atom. The number of nitrogens with one attached hydrogen (secondary N) is 1. The van der Waals surface area contributed by atoms with Crippen LogP contribution < -0.4 is 5.32 Å². The van der Waals surface area contributed by atoms with Crippen LogP contribution >= 0.6 is 11.6 Å². The minimum atomic E-state index is -3.71. The highest BCUT2D eigenvalue weighted by Gasteiger charge is 2.21. The molecule has 2 aromatic rings. The molecule has 0 spiro atoms. The van der Waals surface area contributed by atoms with Gasteiger partial charge in [0, 0.05) is 17.6 Å². The predicted molar refractivity (Wildman–Crippen MR) is 91.7 cm³/mol. The number of carbonyl (C=O) groups excluding carboxylic acids is 1. The van der Waals surface area contributed by atoms with E-state index in [0.717, 1.165) is 28.8 Å². The molecule has 2 rings (SSSR count). The van der Waals surface area contributed by atoms with Crippen LogP contribution in [-0.4, -0.2) is 31.4 Å². The maximum atomic E-state index is 13.6. The lowest BCUT2D eigenvalue weighted by Crippen LogP contribution is -2.37. The number of amides is 1. The number of sulfonamides is 1. The Bertz CT molecular complexity index is 873. The van der Waals surface area contributed by atoms with Crippen LogP contribution in [0.5, 0.6) is 0 Å². The molecular formula is C16H15ClF2N2O3S. The fourth-order valence-corrected chi connectivity index (χ4v) is 2.89. The summed E-state index contributed by atoms with van der Waals surface area (Å²) in [6.45, 7) is -0.605. The molecule has 0 radical (unpaired) electrons. The first-order chi connectivity index (χ1) is 11.6. The van der Waals surface area contributed by atoms with E-state index in [4.69, 9.17) is 11.6 Å². The van der Waals surface area contributed by atoms with Crippen molar-refractivity contribution >= 4 is 33.2 Å². The van der Waals surface area contributed by atoms with Crippen molar-refractivity contribution in [3.8, 4) is 0 Å². The lowest BCUT2D eigenvalue weighted by molar-refractivity contribution is -0.116. The number of carbonyl (C=O) groups is 1. The SMILES string of the molecule is CS(=O)(=O)N(CC(=O)Nc1cc(F)ccc1F)Cc1ccc(Cl)cc1. The van der Waals surface area contributed by atoms with Crippen molar-refractivity contribution in [1.82, 2.24) is 4.31 Å². The molecule has 5 nitrogen and oxygen atoms in total. The van der Waals surface area contributed by atoms with Gasteiger partial charge in [-0.15, -0.1) is 0 Å². The van der Waals surface area contributed by atoms with Gasteiger partial charge < -0.3 is 5.32 Å². The highest BCUT2D eigenvalue weighted by Crippen LogP contribution is 2.16. The Labute approximate surface area is 149 Å². The van der Waals surface area contributed by atoms with E-state index < -0.39 is 34.1 Å². The van der Waals surface area contributed by atoms with Gasteiger partial charge in [0.05, 0.1) is 18.5 Å². The molecule has 0 heterocycles. The Balaban J connectivity index is 2.12. The molecule has 0 saturated carbocycles. The summed E-state index contributed by atoms with van der Waals surface area (Å²) in [6, 6.07) is 9.05. The summed E-state index contributed by atoms with van der Waals surface area (Å²) in [5.74, 6) is -2.33. The average Bonchev–Trinajstić information content (AvgIpc) is 2.51. The van der Waals surface area contributed by atoms with Crippen LogP contribution in [0.15, 0.2) is 42.5 Å². The molecule has 0 unspecified atom stereocenters. The number of hydrogen-bond donors (Lipinski definition) is 1. The number of benzene rings is 2. The molecule has 0 bridgehead atoms. The van der Waals surface area contributed by atoms with Gasteiger partial charge in [0.1, 0.15) is 11.6 Å². The Morgan fingerprint density at radius 3 is 2.40 bits per heavy atom. The second kappa shape index (κ2) is 7.90. The van der Waals surface area contributed by atoms with Gasteiger partial charge in [0.15, 0.2) is 0 Å². The maximum Gasteiger partial charge on any atom is 0.239 e. The van der Waals surface area contributed by atoms with E-state index >= 15 is 0 Å². The molecule has 0 saturated heterocycles. The van der Waals surface area contributed by atoms with Gasteiger partial charge in [-0.3, -0.25) is 4.79 Å². The molecule has 1 amide bonds. The number of halogens is 3. The van der Waals surface area contributed by atoms with Crippen LogP contribution in [0, 0.1) is 11.6 Å². The first-order valence-corrected chi connectivity index (χ1v) is 9.32. The van der Waals surface area contributed by atoms with Crippen LogP contribution in [-0.2, 0) is 21.4 Å². The maximum absolute atomic E-state index is 13.6. The molecular weight excluding hydrogens is 374 g/mol. The molecule has 0 aromatic heterocycles. The minimum Gasteiger partial charge on any atom is -0.322 e. The number of nitrogens with zero attached hydrogens (tertiary/aromatic N) is 1. The van der Waals surface area contributed by atoms with Gasteiger partial charge >= 0.3 is 0 Å². The zero-order valence-electron chi connectivity index (χ0n) is 13.2. The van der Waals surface area contributed by atoms with Crippen molar-refractivity contribution in [3.63, 3.8) is 0 Å². The van der Waals surface area contributed by atoms with E-state index in [1.54, 1.807) is 24.3 Å². The molecule has 2 aromatic carbocycles. The molecule has 0 aliphatic carbocycles. The van der Waals surface area contributed by atoms with Crippen LogP contribution in [0.4, 0.5) is 14.5 Å². The smallest absolute Gasteiger partial charge is 0.239 e. The van der Waals surface area contributed by atoms with Crippen molar-refractivity contribution in [3.05, 3.63) is 64.7 Å². The van der Waals surface area contributed by atoms with Crippen molar-refractivity contribution in [2.45, 2.75) is 6.54 Å². The van der Waals surface area contributed by atoms with Crippen LogP contribution in [0.3, 0.4) is 0 Å². The van der Waals surface area contributed by atoms with Crippen molar-refractivity contribution in [1.29, 1.82) is 0 Å². The van der Waals surface area contributed by atoms with Crippen molar-refractivity contribution in [2.24, 2.45) is 0 Å². The topological polar surface area (TPSA) is 66.5 Å². The lowest BCUT2D eigenvalue weighted by Gasteiger charge is -2.19. The fourth-order valence-electron chi connectivity index (χ4n) is 2.03. The largest absolute Gasteiger partial charge is 0.322 e. The van der Waals surface area contributed by atoms with Crippen molar-refractivity contribution in [2.75, 3.05) is 18.1 Å². The summed E-state index contributed by atoms with van der Waals surface area (Å²) in [6.07, 6.45) is 0.957. The number of rotatable bonds is 6. The first-order valence-electron chi connectivity index (χ1n) is 7.09. The predicted octanol–water partition coefficient (Wildman–Crippen LogP) is 3.02. The van der Waals surface area contributed by atoms with E-state index in [1.807, 2.05) is 0 Å². The van der Waals surface area contributed by atoms with E-state index in [0.29, 0.717) is 10.6 Å². The van der Waals surface area contributed by atoms with Gasteiger partial charge in [0.2, 0.25) is 15.9 Å². The van der Waals surface area contributed by atoms with Crippen LogP contribution in [0.2, 0.25) is 5.02 Å². The molecule has 0 fully saturated rings. The van der Waals surface area contributed by atoms with Crippen LogP contribution in [0.25, 0.3) is 0 Å². The number of hydrogen-bond acceptors (Lipinski definition) is 3. The third kappa shape index (κ3) is 5.77. The molecule has 0 atom stereocenters. The molecule has 1 N–H and O–H groups in total. The fraction of sp³-hybridized carbons (Fsp3) is 0.188. The van der Waals surface area contributed by atoms with Gasteiger partial charge in [-0.25, -0.2) is 17.2 Å². The monoisotopic (exact) mass is 388 g/mol. The molecule has 25 heavy (non-hydrogen) atoms. The third-order valence-electron chi connectivity index (χ3n) is 3.26. The zero-order chi connectivity index (χ0) is 18.6. The first kappa shape index (κ1) is 19.3. The summed E-state index contributed by atoms with van der Waals surface area (Å²) in [5, 5.41) is 2.66. The standard InChI is InChI=1S/C16H15ClF2N2O3S/c1-25(23,24)21(9-11-2-4-12(17)5-3-11)10-16(22)20-15-8-13(18)6-7-14(15)19/h2-8H,9-10H2,1H3,(H,20,22). The van der Waals surface area contributed by atoms with E-state index in [2.05, 4.69) is 5.32 Å². The quantitative estimate of drug-likeness (QED) is 0.827. The zero-order valence-corrected chi connectivity index (χ0v) is 14.7. The minimum absolute atomic E-state index is 0.0605. The molecule has 9 heteroatoms. The highest BCUT2D eigenvalue weighted by atomic mass is 35.5. The third-order valence-corrected chi connectivity index (χ3v) is 4.71. The number of anilines is 1. The van der Waals surface area contributed by atoms with E-state index in [-0.39, 0.29) is 12.2 Å². The Hall–Kier alpha value is -2.03. The normalized spacial score (nSPS) is 11.6. The summed E-state index contributed by atoms with van der Waals surface area (Å²) in [5.41, 5.74) is 0.268. The van der Waals surface area contributed by atoms with Crippen LogP contribution in [0.1, 0.15) is 5.56 Å². The summed E-state index contributed by atoms with van der Waals surface area (Å²) >= 11 is 5.78. The van der Waals surface area contributed by atoms with E-state index in [9.17, 15) is 22.0 Å². The van der Waals surface area contributed by atoms with E-state index in [1.165, 1.54) is 0 Å². The Morgan fingerprint density at radius 1 is 1.16 bits per heavy atom. The second-order valence-corrected chi connectivity index (χ2v) is 7.75. The second-order valence-electron chi connectivity index (χ2n) is 5.33. The van der Waals surface area contributed by atoms with Gasteiger partial charge in [-0.1, -0.05) is 23.7 Å². The molecule has 0 aliphatic heterocycles. The summed E-state index contributed by atoms with van der Waals surface area (Å²) in [4.78, 5) is 12.0. The summed E-state index contributed by atoms with van der Waals surface area (Å²) < 4.78 is 51.4. The average molecular weight is 389 g/mol. The Kier molecular flexibility index (Phi) is 6.10. The lowest BCUT2D eigenvalue weighted by atomic mass is 10.2. The van der Waals surface area contributed by atoms with Gasteiger partial charge in [-0.2, -0.15) is 4.31 Å². The molecule has 134 valence electrons. The van der Waals surface area contributed by atoms with Crippen molar-refractivity contribution < 1.29 is 22.0 Å². The highest BCUT2D eigenvalue weighted by molar-refractivity contribution is 7.88. The van der Waals surface area contributed by atoms with Gasteiger partial charge in [0.25, 0.3) is 0 Å². The molecule has 0 aliphatic rings. The summed E-state index contributed by atoms with van der Waals surface area (Å²) in [7, 11) is -3.71.